The first kappa shape index (κ1) is 28.4. The zero-order valence-corrected chi connectivity index (χ0v) is 23.8. The van der Waals surface area contributed by atoms with Gasteiger partial charge < -0.3 is 14.3 Å². The molecule has 11 heteroatoms. The van der Waals surface area contributed by atoms with Crippen molar-refractivity contribution >= 4 is 5.91 Å². The van der Waals surface area contributed by atoms with Crippen LogP contribution in [0, 0.1) is 5.92 Å². The van der Waals surface area contributed by atoms with Gasteiger partial charge >= 0.3 is 0 Å². The number of amides is 1. The number of piperidine rings is 2. The van der Waals surface area contributed by atoms with Crippen molar-refractivity contribution in [1.29, 1.82) is 0 Å². The lowest BCUT2D eigenvalue weighted by Gasteiger charge is -2.47. The quantitative estimate of drug-likeness (QED) is 0.417. The molecule has 2 aliphatic heterocycles. The lowest BCUT2D eigenvalue weighted by atomic mass is 9.76. The van der Waals surface area contributed by atoms with Gasteiger partial charge in [0, 0.05) is 55.9 Å². The first-order chi connectivity index (χ1) is 19.0. The Morgan fingerprint density at radius 2 is 1.73 bits per heavy atom. The van der Waals surface area contributed by atoms with E-state index in [2.05, 4.69) is 19.9 Å². The highest BCUT2D eigenvalue weighted by Gasteiger charge is 2.51. The van der Waals surface area contributed by atoms with Gasteiger partial charge in [-0.15, -0.1) is 0 Å². The number of hydrogen-bond acceptors (Lipinski definition) is 6. The molecule has 1 aromatic rings. The second-order valence-electron chi connectivity index (χ2n) is 13.6. The molecule has 0 radical (unpaired) electrons. The number of alkyl halides is 4. The molecular weight excluding hydrogens is 526 g/mol. The van der Waals surface area contributed by atoms with Crippen LogP contribution in [-0.4, -0.2) is 100 Å². The molecule has 1 aromatic heterocycles. The first-order valence-corrected chi connectivity index (χ1v) is 15.2. The van der Waals surface area contributed by atoms with Crippen LogP contribution in [0.1, 0.15) is 95.2 Å². The standard InChI is InChI=1S/C29H43F4N5O2/c1-27(26-34-25(40-35-26)20-16-22(20)30)10-14-38(15-11-27)24(39)17-21-23(4-3-7-29(21,32)33)37-12-5-19(6-13-37)36(2)18-28(31)8-9-28/h19-23H,3-18H2,1-2H3/t20-,21-,22+,23+/m1/s1. The SMILES string of the molecule is CN(CC1(F)CC1)C1CCN([C@H]2CCCC(F)(F)[C@@H]2CC(=O)N2CCC(C)(c3noc([C@@H]4C[C@@H]4F)n3)CC2)CC1. The van der Waals surface area contributed by atoms with E-state index in [0.717, 1.165) is 12.8 Å². The van der Waals surface area contributed by atoms with E-state index >= 15 is 8.78 Å². The monoisotopic (exact) mass is 569 g/mol. The van der Waals surface area contributed by atoms with Gasteiger partial charge in [0.05, 0.1) is 5.92 Å². The molecule has 3 heterocycles. The van der Waals surface area contributed by atoms with Crippen LogP contribution in [0.4, 0.5) is 17.6 Å². The number of carbonyl (C=O) groups is 1. The Morgan fingerprint density at radius 3 is 2.35 bits per heavy atom. The summed E-state index contributed by atoms with van der Waals surface area (Å²) in [6, 6.07) is -0.0428. The maximum absolute atomic E-state index is 15.3. The fraction of sp³-hybridized carbons (Fsp3) is 0.897. The van der Waals surface area contributed by atoms with Gasteiger partial charge in [0.15, 0.2) is 5.82 Å². The average molecular weight is 570 g/mol. The Balaban J connectivity index is 1.04. The normalized spacial score (nSPS) is 33.7. The van der Waals surface area contributed by atoms with Crippen LogP contribution < -0.4 is 0 Å². The van der Waals surface area contributed by atoms with Gasteiger partial charge in [0.2, 0.25) is 11.8 Å². The molecular formula is C29H43F4N5O2. The Bertz CT molecular complexity index is 1060. The molecule has 0 unspecified atom stereocenters. The molecule has 3 saturated carbocycles. The highest BCUT2D eigenvalue weighted by Crippen LogP contribution is 2.46. The minimum atomic E-state index is -2.87. The van der Waals surface area contributed by atoms with Crippen molar-refractivity contribution < 1.29 is 26.9 Å². The summed E-state index contributed by atoms with van der Waals surface area (Å²) in [6.45, 7) is 4.79. The number of rotatable bonds is 8. The molecule has 7 nitrogen and oxygen atoms in total. The van der Waals surface area contributed by atoms with Crippen LogP contribution in [0.2, 0.25) is 0 Å². The van der Waals surface area contributed by atoms with Crippen molar-refractivity contribution in [3.63, 3.8) is 0 Å². The van der Waals surface area contributed by atoms with Crippen molar-refractivity contribution in [1.82, 2.24) is 24.8 Å². The highest BCUT2D eigenvalue weighted by atomic mass is 19.3. The molecule has 0 spiro atoms. The predicted molar refractivity (Wildman–Crippen MR) is 141 cm³/mol. The molecule has 1 amide bonds. The predicted octanol–water partition coefficient (Wildman–Crippen LogP) is 4.87. The zero-order chi connectivity index (χ0) is 28.3. The minimum Gasteiger partial charge on any atom is -0.343 e. The Morgan fingerprint density at radius 1 is 1.05 bits per heavy atom. The summed E-state index contributed by atoms with van der Waals surface area (Å²) in [7, 11) is 1.98. The first-order valence-electron chi connectivity index (χ1n) is 15.2. The Hall–Kier alpha value is -1.75. The summed E-state index contributed by atoms with van der Waals surface area (Å²) in [5.41, 5.74) is -1.42. The van der Waals surface area contributed by atoms with Crippen molar-refractivity contribution in [3.05, 3.63) is 11.7 Å². The van der Waals surface area contributed by atoms with E-state index in [-0.39, 0.29) is 36.8 Å². The van der Waals surface area contributed by atoms with Crippen LogP contribution in [0.3, 0.4) is 0 Å². The van der Waals surface area contributed by atoms with Crippen molar-refractivity contribution in [3.8, 4) is 0 Å². The maximum atomic E-state index is 15.3. The summed E-state index contributed by atoms with van der Waals surface area (Å²) in [6.07, 6.45) is 4.50. The maximum Gasteiger partial charge on any atom is 0.252 e. The van der Waals surface area contributed by atoms with Gasteiger partial charge in [0.1, 0.15) is 11.8 Å². The van der Waals surface area contributed by atoms with E-state index < -0.39 is 29.1 Å². The van der Waals surface area contributed by atoms with E-state index in [0.29, 0.717) is 89.4 Å². The van der Waals surface area contributed by atoms with Crippen molar-refractivity contribution in [2.45, 2.75) is 119 Å². The van der Waals surface area contributed by atoms with Crippen LogP contribution in [0.5, 0.6) is 0 Å². The fourth-order valence-corrected chi connectivity index (χ4v) is 7.31. The van der Waals surface area contributed by atoms with Gasteiger partial charge in [-0.05, 0) is 77.9 Å². The summed E-state index contributed by atoms with van der Waals surface area (Å²) in [4.78, 5) is 23.9. The lowest BCUT2D eigenvalue weighted by molar-refractivity contribution is -0.151. The summed E-state index contributed by atoms with van der Waals surface area (Å²) >= 11 is 0. The summed E-state index contributed by atoms with van der Waals surface area (Å²) in [5, 5.41) is 4.11. The lowest BCUT2D eigenvalue weighted by Crippen LogP contribution is -2.56. The van der Waals surface area contributed by atoms with Gasteiger partial charge in [-0.1, -0.05) is 12.1 Å². The summed E-state index contributed by atoms with van der Waals surface area (Å²) < 4.78 is 63.7. The number of nitrogens with zero attached hydrogens (tertiary/aromatic N) is 5. The number of carbonyl (C=O) groups excluding carboxylic acids is 1. The van der Waals surface area contributed by atoms with Crippen LogP contribution in [0.15, 0.2) is 4.52 Å². The molecule has 40 heavy (non-hydrogen) atoms. The van der Waals surface area contributed by atoms with E-state index in [1.807, 2.05) is 14.0 Å². The molecule has 2 saturated heterocycles. The number of hydrogen-bond donors (Lipinski definition) is 0. The van der Waals surface area contributed by atoms with Crippen LogP contribution in [-0.2, 0) is 10.2 Å². The number of likely N-dealkylation sites (tertiary alicyclic amines) is 2. The molecule has 5 aliphatic rings. The summed E-state index contributed by atoms with van der Waals surface area (Å²) in [5.74, 6) is -3.49. The molecule has 224 valence electrons. The van der Waals surface area contributed by atoms with E-state index in [1.54, 1.807) is 4.90 Å². The van der Waals surface area contributed by atoms with Crippen molar-refractivity contribution in [2.75, 3.05) is 39.8 Å². The number of halogens is 4. The molecule has 6 rings (SSSR count). The third kappa shape index (κ3) is 5.78. The molecule has 3 aliphatic carbocycles. The topological polar surface area (TPSA) is 65.7 Å². The largest absolute Gasteiger partial charge is 0.343 e. The van der Waals surface area contributed by atoms with Crippen LogP contribution in [0.25, 0.3) is 0 Å². The highest BCUT2D eigenvalue weighted by molar-refractivity contribution is 5.76. The van der Waals surface area contributed by atoms with Gasteiger partial charge in [-0.25, -0.2) is 17.6 Å². The smallest absolute Gasteiger partial charge is 0.252 e. The molecule has 5 fully saturated rings. The minimum absolute atomic E-state index is 0.148. The van der Waals surface area contributed by atoms with E-state index in [9.17, 15) is 13.6 Å². The van der Waals surface area contributed by atoms with Gasteiger partial charge in [-0.2, -0.15) is 4.98 Å². The third-order valence-electron chi connectivity index (χ3n) is 10.6. The molecule has 0 bridgehead atoms. The average Bonchev–Trinajstić information content (AvgIpc) is 3.78. The second kappa shape index (κ2) is 10.5. The third-order valence-corrected chi connectivity index (χ3v) is 10.6. The van der Waals surface area contributed by atoms with E-state index in [4.69, 9.17) is 4.52 Å². The van der Waals surface area contributed by atoms with Crippen molar-refractivity contribution in [2.24, 2.45) is 5.92 Å². The molecule has 4 atom stereocenters. The van der Waals surface area contributed by atoms with E-state index in [1.165, 1.54) is 0 Å². The molecule has 0 aromatic carbocycles. The fourth-order valence-electron chi connectivity index (χ4n) is 7.31. The number of aromatic nitrogens is 2. The van der Waals surface area contributed by atoms with Gasteiger partial charge in [-0.3, -0.25) is 9.69 Å². The van der Waals surface area contributed by atoms with Gasteiger partial charge in [0.25, 0.3) is 5.92 Å². The second-order valence-corrected chi connectivity index (χ2v) is 13.6. The van der Waals surface area contributed by atoms with Crippen LogP contribution >= 0.6 is 0 Å². The Kier molecular flexibility index (Phi) is 7.45. The molecule has 0 N–H and O–H groups in total. The zero-order valence-electron chi connectivity index (χ0n) is 23.8. The Labute approximate surface area is 234 Å².